The molecule has 0 saturated heterocycles. The van der Waals surface area contributed by atoms with Crippen LogP contribution in [0.5, 0.6) is 0 Å². The molecule has 5 nitrogen and oxygen atoms in total. The summed E-state index contributed by atoms with van der Waals surface area (Å²) in [5, 5.41) is 7.34. The van der Waals surface area contributed by atoms with Crippen molar-refractivity contribution in [3.8, 4) is 0 Å². The van der Waals surface area contributed by atoms with Crippen molar-refractivity contribution in [2.24, 2.45) is 5.92 Å². The number of aromatic nitrogens is 3. The first-order valence-electron chi connectivity index (χ1n) is 12.1. The molecule has 0 radical (unpaired) electrons. The van der Waals surface area contributed by atoms with Crippen molar-refractivity contribution >= 4 is 5.91 Å². The monoisotopic (exact) mass is 408 g/mol. The number of aromatic amines is 1. The number of nitrogens with one attached hydrogen (secondary N) is 1. The molecule has 5 rings (SSSR count). The average Bonchev–Trinajstić information content (AvgIpc) is 3.40. The summed E-state index contributed by atoms with van der Waals surface area (Å²) in [6.45, 7) is 5.38. The maximum absolute atomic E-state index is 13.8. The van der Waals surface area contributed by atoms with Crippen LogP contribution in [0.3, 0.4) is 0 Å². The lowest BCUT2D eigenvalue weighted by atomic mass is 9.87. The minimum Gasteiger partial charge on any atom is -0.348 e. The molecule has 5 heteroatoms. The number of carbonyl (C=O) groups is 1. The average molecular weight is 409 g/mol. The number of amides is 1. The SMILES string of the molecule is Cc1cc(C(=O)N(C2CC2)C2CCc3[nH]ncc3C2)c(C)n1CCC1CCCCC1. The minimum absolute atomic E-state index is 0.256. The molecule has 0 aromatic carbocycles. The standard InChI is InChI=1S/C25H36N4O/c1-17-14-23(18(2)28(17)13-12-19-6-4-3-5-7-19)25(30)29(21-8-9-21)22-10-11-24-20(15-22)16-26-27-24/h14,16,19,21-22H,3-13,15H2,1-2H3,(H,26,27). The van der Waals surface area contributed by atoms with Crippen LogP contribution in [0, 0.1) is 19.8 Å². The van der Waals surface area contributed by atoms with E-state index in [1.165, 1.54) is 61.2 Å². The molecule has 1 amide bonds. The molecular formula is C25H36N4O. The van der Waals surface area contributed by atoms with Crippen LogP contribution in [0.15, 0.2) is 12.3 Å². The first-order chi connectivity index (χ1) is 14.6. The maximum Gasteiger partial charge on any atom is 0.256 e. The lowest BCUT2D eigenvalue weighted by Crippen LogP contribution is -2.45. The maximum atomic E-state index is 13.8. The van der Waals surface area contributed by atoms with E-state index in [1.54, 1.807) is 0 Å². The van der Waals surface area contributed by atoms with E-state index >= 15 is 0 Å². The Morgan fingerprint density at radius 1 is 1.13 bits per heavy atom. The van der Waals surface area contributed by atoms with Gasteiger partial charge in [-0.1, -0.05) is 32.1 Å². The third kappa shape index (κ3) is 3.83. The fraction of sp³-hybridized carbons (Fsp3) is 0.680. The Balaban J connectivity index is 1.33. The zero-order chi connectivity index (χ0) is 20.7. The Bertz CT molecular complexity index is 900. The van der Waals surface area contributed by atoms with Gasteiger partial charge in [0.05, 0.1) is 11.8 Å². The van der Waals surface area contributed by atoms with Crippen molar-refractivity contribution in [3.05, 3.63) is 40.5 Å². The molecule has 1 unspecified atom stereocenters. The molecule has 2 fully saturated rings. The summed E-state index contributed by atoms with van der Waals surface area (Å²) in [4.78, 5) is 16.0. The molecule has 0 aliphatic heterocycles. The largest absolute Gasteiger partial charge is 0.348 e. The summed E-state index contributed by atoms with van der Waals surface area (Å²) in [5.74, 6) is 1.12. The number of carbonyl (C=O) groups excluding carboxylic acids is 1. The van der Waals surface area contributed by atoms with E-state index in [-0.39, 0.29) is 5.91 Å². The quantitative estimate of drug-likeness (QED) is 0.734. The van der Waals surface area contributed by atoms with Gasteiger partial charge in [-0.2, -0.15) is 5.10 Å². The predicted molar refractivity (Wildman–Crippen MR) is 119 cm³/mol. The number of hydrogen-bond acceptors (Lipinski definition) is 2. The second-order valence-electron chi connectivity index (χ2n) is 9.94. The Kier molecular flexibility index (Phi) is 5.46. The van der Waals surface area contributed by atoms with Crippen LogP contribution in [0.4, 0.5) is 0 Å². The molecule has 0 spiro atoms. The highest BCUT2D eigenvalue weighted by molar-refractivity contribution is 5.96. The van der Waals surface area contributed by atoms with Gasteiger partial charge in [0.1, 0.15) is 0 Å². The second kappa shape index (κ2) is 8.24. The summed E-state index contributed by atoms with van der Waals surface area (Å²) >= 11 is 0. The highest BCUT2D eigenvalue weighted by Crippen LogP contribution is 2.35. The van der Waals surface area contributed by atoms with Crippen LogP contribution in [0.25, 0.3) is 0 Å². The predicted octanol–water partition coefficient (Wildman–Crippen LogP) is 4.96. The Morgan fingerprint density at radius 2 is 1.93 bits per heavy atom. The topological polar surface area (TPSA) is 53.9 Å². The van der Waals surface area contributed by atoms with E-state index in [9.17, 15) is 4.79 Å². The number of aryl methyl sites for hydroxylation is 2. The van der Waals surface area contributed by atoms with E-state index < -0.39 is 0 Å². The van der Waals surface area contributed by atoms with Gasteiger partial charge in [-0.25, -0.2) is 0 Å². The van der Waals surface area contributed by atoms with Crippen molar-refractivity contribution in [1.29, 1.82) is 0 Å². The number of hydrogen-bond donors (Lipinski definition) is 1. The van der Waals surface area contributed by atoms with E-state index in [4.69, 9.17) is 0 Å². The van der Waals surface area contributed by atoms with E-state index in [0.29, 0.717) is 12.1 Å². The minimum atomic E-state index is 0.256. The van der Waals surface area contributed by atoms with Crippen LogP contribution >= 0.6 is 0 Å². The van der Waals surface area contributed by atoms with Crippen molar-refractivity contribution in [2.45, 2.75) is 103 Å². The lowest BCUT2D eigenvalue weighted by molar-refractivity contribution is 0.0642. The second-order valence-corrected chi connectivity index (χ2v) is 9.94. The summed E-state index contributed by atoms with van der Waals surface area (Å²) in [5.41, 5.74) is 5.89. The zero-order valence-electron chi connectivity index (χ0n) is 18.6. The van der Waals surface area contributed by atoms with Crippen LogP contribution in [-0.2, 0) is 19.4 Å². The highest BCUT2D eigenvalue weighted by atomic mass is 16.2. The normalized spacial score (nSPS) is 22.1. The van der Waals surface area contributed by atoms with Crippen molar-refractivity contribution in [1.82, 2.24) is 19.7 Å². The number of nitrogens with zero attached hydrogens (tertiary/aromatic N) is 3. The third-order valence-corrected chi connectivity index (χ3v) is 7.85. The van der Waals surface area contributed by atoms with Crippen molar-refractivity contribution in [3.63, 3.8) is 0 Å². The fourth-order valence-electron chi connectivity index (χ4n) is 5.91. The van der Waals surface area contributed by atoms with Gasteiger partial charge < -0.3 is 9.47 Å². The van der Waals surface area contributed by atoms with Crippen molar-refractivity contribution < 1.29 is 4.79 Å². The van der Waals surface area contributed by atoms with Gasteiger partial charge in [0.15, 0.2) is 0 Å². The van der Waals surface area contributed by atoms with Gasteiger partial charge in [0.25, 0.3) is 5.91 Å². The zero-order valence-corrected chi connectivity index (χ0v) is 18.6. The summed E-state index contributed by atoms with van der Waals surface area (Å²) in [6, 6.07) is 2.89. The molecule has 2 saturated carbocycles. The van der Waals surface area contributed by atoms with Crippen LogP contribution in [0.2, 0.25) is 0 Å². The van der Waals surface area contributed by atoms with E-state index in [2.05, 4.69) is 39.6 Å². The summed E-state index contributed by atoms with van der Waals surface area (Å²) in [7, 11) is 0. The van der Waals surface area contributed by atoms with E-state index in [0.717, 1.165) is 50.1 Å². The number of rotatable bonds is 6. The highest BCUT2D eigenvalue weighted by Gasteiger charge is 2.40. The molecule has 162 valence electrons. The molecule has 3 aliphatic rings. The first kappa shape index (κ1) is 19.9. The number of H-pyrrole nitrogens is 1. The summed E-state index contributed by atoms with van der Waals surface area (Å²) in [6.07, 6.45) is 15.5. The third-order valence-electron chi connectivity index (χ3n) is 7.85. The van der Waals surface area contributed by atoms with Gasteiger partial charge in [-0.05, 0) is 69.9 Å². The van der Waals surface area contributed by atoms with Crippen LogP contribution in [0.1, 0.15) is 90.8 Å². The van der Waals surface area contributed by atoms with Crippen molar-refractivity contribution in [2.75, 3.05) is 0 Å². The molecule has 2 aromatic rings. The molecule has 2 aromatic heterocycles. The number of fused-ring (bicyclic) bond motifs is 1. The molecule has 3 aliphatic carbocycles. The Labute approximate surface area is 180 Å². The smallest absolute Gasteiger partial charge is 0.256 e. The van der Waals surface area contributed by atoms with Gasteiger partial charge >= 0.3 is 0 Å². The fourth-order valence-corrected chi connectivity index (χ4v) is 5.91. The first-order valence-corrected chi connectivity index (χ1v) is 12.1. The Morgan fingerprint density at radius 3 is 2.70 bits per heavy atom. The van der Waals surface area contributed by atoms with Gasteiger partial charge in [-0.3, -0.25) is 9.89 Å². The van der Waals surface area contributed by atoms with E-state index in [1.807, 2.05) is 6.20 Å². The van der Waals surface area contributed by atoms with Crippen LogP contribution in [-0.4, -0.2) is 37.7 Å². The van der Waals surface area contributed by atoms with Gasteiger partial charge in [-0.15, -0.1) is 0 Å². The lowest BCUT2D eigenvalue weighted by Gasteiger charge is -2.34. The molecule has 30 heavy (non-hydrogen) atoms. The van der Waals surface area contributed by atoms with Gasteiger partial charge in [0.2, 0.25) is 0 Å². The summed E-state index contributed by atoms with van der Waals surface area (Å²) < 4.78 is 2.40. The van der Waals surface area contributed by atoms with Gasteiger partial charge in [0, 0.05) is 35.7 Å². The molecular weight excluding hydrogens is 372 g/mol. The molecule has 1 N–H and O–H groups in total. The molecule has 0 bridgehead atoms. The van der Waals surface area contributed by atoms with Crippen LogP contribution < -0.4 is 0 Å². The molecule has 1 atom stereocenters. The molecule has 2 heterocycles. The Hall–Kier alpha value is -2.04.